The van der Waals surface area contributed by atoms with Gasteiger partial charge in [-0.05, 0) is 42.8 Å². The van der Waals surface area contributed by atoms with E-state index in [2.05, 4.69) is 5.32 Å². The topological polar surface area (TPSA) is 56.8 Å². The largest absolute Gasteiger partial charge is 0.497 e. The summed E-state index contributed by atoms with van der Waals surface area (Å²) >= 11 is 0. The van der Waals surface area contributed by atoms with Gasteiger partial charge in [0.25, 0.3) is 5.91 Å². The number of rotatable bonds is 9. The number of halogens is 1. The third kappa shape index (κ3) is 5.99. The van der Waals surface area contributed by atoms with Crippen LogP contribution < -0.4 is 19.5 Å². The monoisotopic (exact) mass is 347 g/mol. The van der Waals surface area contributed by atoms with Crippen LogP contribution in [0.1, 0.15) is 13.3 Å². The van der Waals surface area contributed by atoms with Gasteiger partial charge in [0.1, 0.15) is 29.7 Å². The molecule has 0 fully saturated rings. The normalized spacial score (nSPS) is 11.5. The average molecular weight is 347 g/mol. The van der Waals surface area contributed by atoms with Gasteiger partial charge in [0.05, 0.1) is 13.7 Å². The molecule has 2 aromatic carbocycles. The number of amides is 1. The van der Waals surface area contributed by atoms with Gasteiger partial charge in [-0.2, -0.15) is 0 Å². The first kappa shape index (κ1) is 18.6. The van der Waals surface area contributed by atoms with Gasteiger partial charge >= 0.3 is 0 Å². The van der Waals surface area contributed by atoms with Crippen molar-refractivity contribution in [3.63, 3.8) is 0 Å². The Morgan fingerprint density at radius 1 is 1.12 bits per heavy atom. The van der Waals surface area contributed by atoms with Gasteiger partial charge in [-0.3, -0.25) is 4.79 Å². The van der Waals surface area contributed by atoms with Crippen LogP contribution in [0.3, 0.4) is 0 Å². The minimum atomic E-state index is -0.637. The summed E-state index contributed by atoms with van der Waals surface area (Å²) in [6, 6.07) is 12.8. The fourth-order valence-electron chi connectivity index (χ4n) is 2.15. The Morgan fingerprint density at radius 3 is 2.52 bits per heavy atom. The molecule has 6 heteroatoms. The number of benzene rings is 2. The first-order valence-corrected chi connectivity index (χ1v) is 8.09. The molecule has 0 saturated carbocycles. The van der Waals surface area contributed by atoms with Crippen LogP contribution in [0.4, 0.5) is 4.39 Å². The van der Waals surface area contributed by atoms with Crippen molar-refractivity contribution in [1.82, 2.24) is 5.32 Å². The first-order valence-electron chi connectivity index (χ1n) is 8.09. The summed E-state index contributed by atoms with van der Waals surface area (Å²) in [7, 11) is 1.59. The van der Waals surface area contributed by atoms with E-state index in [1.807, 2.05) is 25.1 Å². The summed E-state index contributed by atoms with van der Waals surface area (Å²) in [6.07, 6.45) is -0.137. The molecule has 1 unspecified atom stereocenters. The molecule has 5 nitrogen and oxygen atoms in total. The van der Waals surface area contributed by atoms with E-state index in [4.69, 9.17) is 14.2 Å². The Hall–Kier alpha value is -2.76. The van der Waals surface area contributed by atoms with E-state index in [-0.39, 0.29) is 11.7 Å². The van der Waals surface area contributed by atoms with E-state index in [1.165, 1.54) is 24.3 Å². The van der Waals surface area contributed by atoms with Crippen molar-refractivity contribution in [2.45, 2.75) is 19.4 Å². The maximum atomic E-state index is 12.9. The summed E-state index contributed by atoms with van der Waals surface area (Å²) in [5.74, 6) is 1.25. The summed E-state index contributed by atoms with van der Waals surface area (Å²) in [5.41, 5.74) is 0. The molecular formula is C19H22FNO4. The summed E-state index contributed by atoms with van der Waals surface area (Å²) in [6.45, 7) is 2.52. The highest BCUT2D eigenvalue weighted by molar-refractivity contribution is 5.81. The lowest BCUT2D eigenvalue weighted by atomic mass is 10.2. The molecule has 0 radical (unpaired) electrons. The van der Waals surface area contributed by atoms with E-state index in [9.17, 15) is 9.18 Å². The molecule has 0 heterocycles. The molecule has 0 saturated heterocycles. The molecule has 0 spiro atoms. The quantitative estimate of drug-likeness (QED) is 0.708. The summed E-state index contributed by atoms with van der Waals surface area (Å²) in [5, 5.41) is 2.77. The first-order chi connectivity index (χ1) is 12.1. The average Bonchev–Trinajstić information content (AvgIpc) is 2.64. The minimum Gasteiger partial charge on any atom is -0.497 e. The van der Waals surface area contributed by atoms with Gasteiger partial charge in [0.2, 0.25) is 0 Å². The zero-order valence-electron chi connectivity index (χ0n) is 14.3. The van der Waals surface area contributed by atoms with E-state index in [1.54, 1.807) is 13.2 Å². The molecule has 25 heavy (non-hydrogen) atoms. The Bertz CT molecular complexity index is 675. The predicted octanol–water partition coefficient (Wildman–Crippen LogP) is 3.19. The number of nitrogens with one attached hydrogen (secondary N) is 1. The van der Waals surface area contributed by atoms with Gasteiger partial charge < -0.3 is 19.5 Å². The van der Waals surface area contributed by atoms with Gasteiger partial charge in [0.15, 0.2) is 6.10 Å². The van der Waals surface area contributed by atoms with Crippen molar-refractivity contribution in [2.75, 3.05) is 20.3 Å². The van der Waals surface area contributed by atoms with Crippen LogP contribution in [0, 0.1) is 5.82 Å². The molecule has 0 aliphatic rings. The van der Waals surface area contributed by atoms with Gasteiger partial charge in [0, 0.05) is 6.07 Å². The van der Waals surface area contributed by atoms with Crippen molar-refractivity contribution >= 4 is 5.91 Å². The predicted molar refractivity (Wildman–Crippen MR) is 92.6 cm³/mol. The third-order valence-electron chi connectivity index (χ3n) is 3.47. The standard InChI is InChI=1S/C19H22FNO4/c1-3-18(25-15-9-7-14(20)8-10-15)19(22)21-11-12-24-17-6-4-5-16(13-17)23-2/h4-10,13,18H,3,11-12H2,1-2H3,(H,21,22). The molecule has 0 aromatic heterocycles. The number of hydrogen-bond acceptors (Lipinski definition) is 4. The van der Waals surface area contributed by atoms with Crippen LogP contribution in [-0.4, -0.2) is 32.3 Å². The van der Waals surface area contributed by atoms with Crippen molar-refractivity contribution in [3.8, 4) is 17.2 Å². The fourth-order valence-corrected chi connectivity index (χ4v) is 2.15. The van der Waals surface area contributed by atoms with Gasteiger partial charge in [-0.15, -0.1) is 0 Å². The molecule has 2 rings (SSSR count). The second-order valence-electron chi connectivity index (χ2n) is 5.29. The number of methoxy groups -OCH3 is 1. The smallest absolute Gasteiger partial charge is 0.261 e. The highest BCUT2D eigenvalue weighted by Crippen LogP contribution is 2.18. The van der Waals surface area contributed by atoms with Crippen molar-refractivity contribution in [3.05, 3.63) is 54.3 Å². The maximum Gasteiger partial charge on any atom is 0.261 e. The number of carbonyl (C=O) groups is 1. The lowest BCUT2D eigenvalue weighted by molar-refractivity contribution is -0.128. The lowest BCUT2D eigenvalue weighted by Crippen LogP contribution is -2.39. The molecule has 1 atom stereocenters. The molecule has 0 aliphatic carbocycles. The molecule has 0 bridgehead atoms. The van der Waals surface area contributed by atoms with E-state index in [0.717, 1.165) is 0 Å². The number of hydrogen-bond donors (Lipinski definition) is 1. The molecule has 1 N–H and O–H groups in total. The van der Waals surface area contributed by atoms with Gasteiger partial charge in [-0.25, -0.2) is 4.39 Å². The summed E-state index contributed by atoms with van der Waals surface area (Å²) in [4.78, 5) is 12.2. The van der Waals surface area contributed by atoms with Crippen LogP contribution >= 0.6 is 0 Å². The molecule has 2 aromatic rings. The van der Waals surface area contributed by atoms with Gasteiger partial charge in [-0.1, -0.05) is 13.0 Å². The lowest BCUT2D eigenvalue weighted by Gasteiger charge is -2.17. The third-order valence-corrected chi connectivity index (χ3v) is 3.47. The SMILES string of the molecule is CCC(Oc1ccc(F)cc1)C(=O)NCCOc1cccc(OC)c1. The number of carbonyl (C=O) groups excluding carboxylic acids is 1. The second-order valence-corrected chi connectivity index (χ2v) is 5.29. The van der Waals surface area contributed by atoms with E-state index < -0.39 is 6.10 Å². The van der Waals surface area contributed by atoms with Crippen LogP contribution in [-0.2, 0) is 4.79 Å². The van der Waals surface area contributed by atoms with Crippen LogP contribution in [0.2, 0.25) is 0 Å². The number of ether oxygens (including phenoxy) is 3. The highest BCUT2D eigenvalue weighted by Gasteiger charge is 2.17. The van der Waals surface area contributed by atoms with Crippen molar-refractivity contribution in [2.24, 2.45) is 0 Å². The summed E-state index contributed by atoms with van der Waals surface area (Å²) < 4.78 is 29.2. The fraction of sp³-hybridized carbons (Fsp3) is 0.316. The Labute approximate surface area is 146 Å². The Morgan fingerprint density at radius 2 is 1.84 bits per heavy atom. The van der Waals surface area contributed by atoms with Crippen LogP contribution in [0.25, 0.3) is 0 Å². The molecule has 0 aliphatic heterocycles. The van der Waals surface area contributed by atoms with E-state index >= 15 is 0 Å². The Balaban J connectivity index is 1.76. The zero-order valence-corrected chi connectivity index (χ0v) is 14.3. The van der Waals surface area contributed by atoms with Crippen molar-refractivity contribution < 1.29 is 23.4 Å². The highest BCUT2D eigenvalue weighted by atomic mass is 19.1. The molecule has 1 amide bonds. The van der Waals surface area contributed by atoms with Crippen LogP contribution in [0.5, 0.6) is 17.2 Å². The van der Waals surface area contributed by atoms with E-state index in [0.29, 0.717) is 36.8 Å². The zero-order chi connectivity index (χ0) is 18.1. The Kier molecular flexibility index (Phi) is 7.07. The second kappa shape index (κ2) is 9.52. The molecule has 134 valence electrons. The minimum absolute atomic E-state index is 0.235. The molecular weight excluding hydrogens is 325 g/mol. The maximum absolute atomic E-state index is 12.9. The van der Waals surface area contributed by atoms with Crippen molar-refractivity contribution in [1.29, 1.82) is 0 Å². The van der Waals surface area contributed by atoms with Crippen LogP contribution in [0.15, 0.2) is 48.5 Å².